The van der Waals surface area contributed by atoms with Gasteiger partial charge in [0.05, 0.1) is 11.3 Å². The van der Waals surface area contributed by atoms with Crippen molar-refractivity contribution in [2.45, 2.75) is 13.1 Å². The molecule has 6 nitrogen and oxygen atoms in total. The second-order valence-electron chi connectivity index (χ2n) is 6.35. The summed E-state index contributed by atoms with van der Waals surface area (Å²) in [5, 5.41) is 9.40. The Balaban J connectivity index is 1.65. The number of thiazole rings is 1. The molecule has 0 saturated heterocycles. The number of amides is 1. The van der Waals surface area contributed by atoms with Crippen molar-refractivity contribution in [3.8, 4) is 22.0 Å². The van der Waals surface area contributed by atoms with E-state index in [0.29, 0.717) is 22.1 Å². The highest BCUT2D eigenvalue weighted by atomic mass is 32.1. The van der Waals surface area contributed by atoms with E-state index in [1.807, 2.05) is 0 Å². The molecule has 0 aliphatic carbocycles. The van der Waals surface area contributed by atoms with Gasteiger partial charge in [-0.05, 0) is 30.2 Å². The van der Waals surface area contributed by atoms with E-state index in [4.69, 9.17) is 0 Å². The highest BCUT2D eigenvalue weighted by Gasteiger charge is 2.34. The van der Waals surface area contributed by atoms with Gasteiger partial charge in [0.15, 0.2) is 10.8 Å². The minimum atomic E-state index is -4.58. The van der Waals surface area contributed by atoms with Crippen LogP contribution in [0.1, 0.15) is 20.9 Å². The van der Waals surface area contributed by atoms with Crippen molar-refractivity contribution in [3.05, 3.63) is 71.0 Å². The molecule has 0 fully saturated rings. The monoisotopic (exact) mass is 429 g/mol. The van der Waals surface area contributed by atoms with Gasteiger partial charge in [-0.3, -0.25) is 9.89 Å². The van der Waals surface area contributed by atoms with Crippen LogP contribution in [0.25, 0.3) is 22.0 Å². The molecule has 0 aliphatic rings. The third-order valence-electron chi connectivity index (χ3n) is 4.29. The van der Waals surface area contributed by atoms with Crippen molar-refractivity contribution in [2.75, 3.05) is 5.32 Å². The minimum absolute atomic E-state index is 0.0426. The fraction of sp³-hybridized carbons (Fsp3) is 0.100. The van der Waals surface area contributed by atoms with E-state index in [1.165, 1.54) is 18.5 Å². The number of anilines is 1. The smallest absolute Gasteiger partial charge is 0.321 e. The standard InChI is InChI=1S/C20H14F3N5OS/c1-11-16(30-19(26-11)17-24-10-25-28-17)18(29)27-13-7-8-14(12-5-3-2-4-6-12)15(9-13)20(21,22)23/h2-10H,1H3,(H,27,29)(H,24,25,28). The number of carbonyl (C=O) groups excluding carboxylic acids is 1. The number of hydrogen-bond acceptors (Lipinski definition) is 5. The van der Waals surface area contributed by atoms with E-state index < -0.39 is 17.6 Å². The molecule has 0 bridgehead atoms. The van der Waals surface area contributed by atoms with Crippen molar-refractivity contribution in [1.82, 2.24) is 20.2 Å². The first-order valence-electron chi connectivity index (χ1n) is 8.74. The van der Waals surface area contributed by atoms with E-state index in [9.17, 15) is 18.0 Å². The molecule has 10 heteroatoms. The lowest BCUT2D eigenvalue weighted by Crippen LogP contribution is -2.13. The van der Waals surface area contributed by atoms with Crippen molar-refractivity contribution >= 4 is 22.9 Å². The Hall–Kier alpha value is -3.53. The van der Waals surface area contributed by atoms with E-state index in [2.05, 4.69) is 25.5 Å². The van der Waals surface area contributed by atoms with Crippen molar-refractivity contribution < 1.29 is 18.0 Å². The molecular weight excluding hydrogens is 415 g/mol. The second-order valence-corrected chi connectivity index (χ2v) is 7.34. The number of nitrogens with zero attached hydrogens (tertiary/aromatic N) is 3. The van der Waals surface area contributed by atoms with Crippen molar-refractivity contribution in [3.63, 3.8) is 0 Å². The van der Waals surface area contributed by atoms with Gasteiger partial charge in [0.1, 0.15) is 11.2 Å². The molecule has 0 spiro atoms. The largest absolute Gasteiger partial charge is 0.417 e. The lowest BCUT2D eigenvalue weighted by molar-refractivity contribution is -0.137. The molecule has 0 saturated carbocycles. The normalized spacial score (nSPS) is 11.5. The summed E-state index contributed by atoms with van der Waals surface area (Å²) in [6, 6.07) is 12.0. The highest BCUT2D eigenvalue weighted by Crippen LogP contribution is 2.38. The molecule has 30 heavy (non-hydrogen) atoms. The molecule has 1 amide bonds. The number of rotatable bonds is 4. The van der Waals surface area contributed by atoms with Gasteiger partial charge in [0, 0.05) is 5.69 Å². The average Bonchev–Trinajstić information content (AvgIpc) is 3.37. The van der Waals surface area contributed by atoms with Gasteiger partial charge in [0.2, 0.25) is 0 Å². The Bertz CT molecular complexity index is 1190. The molecule has 152 valence electrons. The molecule has 2 heterocycles. The lowest BCUT2D eigenvalue weighted by Gasteiger charge is -2.15. The third-order valence-corrected chi connectivity index (χ3v) is 5.45. The lowest BCUT2D eigenvalue weighted by atomic mass is 9.98. The molecule has 2 aromatic carbocycles. The van der Waals surface area contributed by atoms with Gasteiger partial charge in [-0.2, -0.15) is 18.3 Å². The Morgan fingerprint density at radius 1 is 1.13 bits per heavy atom. The third kappa shape index (κ3) is 3.94. The number of hydrogen-bond donors (Lipinski definition) is 2. The summed E-state index contributed by atoms with van der Waals surface area (Å²) in [5.74, 6) is -0.134. The molecule has 0 radical (unpaired) electrons. The SMILES string of the molecule is Cc1nc(-c2ncn[nH]2)sc1C(=O)Nc1ccc(-c2ccccc2)c(C(F)(F)F)c1. The average molecular weight is 429 g/mol. The number of alkyl halides is 3. The first-order chi connectivity index (χ1) is 14.3. The van der Waals surface area contributed by atoms with Crippen LogP contribution in [0.2, 0.25) is 0 Å². The summed E-state index contributed by atoms with van der Waals surface area (Å²) in [6.45, 7) is 1.64. The quantitative estimate of drug-likeness (QED) is 0.469. The van der Waals surface area contributed by atoms with Gasteiger partial charge >= 0.3 is 6.18 Å². The van der Waals surface area contributed by atoms with Crippen LogP contribution in [0.3, 0.4) is 0 Å². The van der Waals surface area contributed by atoms with Gasteiger partial charge in [-0.25, -0.2) is 9.97 Å². The van der Waals surface area contributed by atoms with Crippen LogP contribution in [-0.4, -0.2) is 26.1 Å². The van der Waals surface area contributed by atoms with Gasteiger partial charge < -0.3 is 5.32 Å². The maximum atomic E-state index is 13.7. The summed E-state index contributed by atoms with van der Waals surface area (Å²) in [6.07, 6.45) is -3.26. The van der Waals surface area contributed by atoms with Gasteiger partial charge in [-0.1, -0.05) is 36.4 Å². The Morgan fingerprint density at radius 2 is 1.90 bits per heavy atom. The molecule has 0 atom stereocenters. The first kappa shape index (κ1) is 19.8. The Morgan fingerprint density at radius 3 is 2.57 bits per heavy atom. The zero-order valence-electron chi connectivity index (χ0n) is 15.5. The topological polar surface area (TPSA) is 83.6 Å². The highest BCUT2D eigenvalue weighted by molar-refractivity contribution is 7.17. The van der Waals surface area contributed by atoms with E-state index in [0.717, 1.165) is 17.4 Å². The van der Waals surface area contributed by atoms with Crippen LogP contribution in [0.4, 0.5) is 18.9 Å². The summed E-state index contributed by atoms with van der Waals surface area (Å²) in [7, 11) is 0. The van der Waals surface area contributed by atoms with E-state index in [1.54, 1.807) is 37.3 Å². The zero-order valence-corrected chi connectivity index (χ0v) is 16.3. The van der Waals surface area contributed by atoms with Gasteiger partial charge in [0.25, 0.3) is 5.91 Å². The maximum absolute atomic E-state index is 13.7. The second kappa shape index (κ2) is 7.71. The number of carbonyl (C=O) groups is 1. The zero-order chi connectivity index (χ0) is 21.3. The Labute approximate surface area is 172 Å². The van der Waals surface area contributed by atoms with Crippen LogP contribution in [-0.2, 0) is 6.18 Å². The Kier molecular flexibility index (Phi) is 5.08. The number of benzene rings is 2. The van der Waals surface area contributed by atoms with E-state index in [-0.39, 0.29) is 16.1 Å². The molecule has 4 aromatic rings. The number of H-pyrrole nitrogens is 1. The maximum Gasteiger partial charge on any atom is 0.417 e. The number of aromatic amines is 1. The van der Waals surface area contributed by atoms with Crippen LogP contribution in [0.15, 0.2) is 54.9 Å². The summed E-state index contributed by atoms with van der Waals surface area (Å²) in [5.41, 5.74) is 0.150. The fourth-order valence-electron chi connectivity index (χ4n) is 2.93. The number of aromatic nitrogens is 4. The van der Waals surface area contributed by atoms with Crippen LogP contribution in [0.5, 0.6) is 0 Å². The molecule has 0 aliphatic heterocycles. The molecular formula is C20H14F3N5OS. The first-order valence-corrected chi connectivity index (χ1v) is 9.56. The molecule has 2 aromatic heterocycles. The van der Waals surface area contributed by atoms with Crippen LogP contribution in [0, 0.1) is 6.92 Å². The summed E-state index contributed by atoms with van der Waals surface area (Å²) < 4.78 is 41.0. The minimum Gasteiger partial charge on any atom is -0.321 e. The molecule has 2 N–H and O–H groups in total. The van der Waals surface area contributed by atoms with Crippen LogP contribution < -0.4 is 5.32 Å². The predicted molar refractivity (Wildman–Crippen MR) is 107 cm³/mol. The number of aryl methyl sites for hydroxylation is 1. The summed E-state index contributed by atoms with van der Waals surface area (Å²) >= 11 is 1.08. The van der Waals surface area contributed by atoms with E-state index >= 15 is 0 Å². The molecule has 4 rings (SSSR count). The van der Waals surface area contributed by atoms with Crippen LogP contribution >= 0.6 is 11.3 Å². The predicted octanol–water partition coefficient (Wildman–Crippen LogP) is 5.17. The van der Waals surface area contributed by atoms with Crippen molar-refractivity contribution in [1.29, 1.82) is 0 Å². The fourth-order valence-corrected chi connectivity index (χ4v) is 3.84. The number of halogens is 3. The van der Waals surface area contributed by atoms with Gasteiger partial charge in [-0.15, -0.1) is 11.3 Å². The number of nitrogens with one attached hydrogen (secondary N) is 2. The molecule has 0 unspecified atom stereocenters. The summed E-state index contributed by atoms with van der Waals surface area (Å²) in [4.78, 5) is 21.2. The van der Waals surface area contributed by atoms with Crippen molar-refractivity contribution in [2.24, 2.45) is 0 Å².